The van der Waals surface area contributed by atoms with Crippen LogP contribution in [0.4, 0.5) is 4.39 Å². The molecule has 1 atom stereocenters. The van der Waals surface area contributed by atoms with Gasteiger partial charge in [0.15, 0.2) is 0 Å². The van der Waals surface area contributed by atoms with E-state index in [1.807, 2.05) is 13.8 Å². The van der Waals surface area contributed by atoms with Crippen LogP contribution < -0.4 is 5.32 Å². The van der Waals surface area contributed by atoms with E-state index < -0.39 is 31.2 Å². The van der Waals surface area contributed by atoms with Crippen LogP contribution in [-0.2, 0) is 9.05 Å². The van der Waals surface area contributed by atoms with Crippen molar-refractivity contribution in [3.63, 3.8) is 0 Å². The van der Waals surface area contributed by atoms with Gasteiger partial charge < -0.3 is 5.32 Å². The second-order valence-electron chi connectivity index (χ2n) is 4.42. The summed E-state index contributed by atoms with van der Waals surface area (Å²) < 4.78 is 36.3. The molecule has 8 heteroatoms. The molecule has 20 heavy (non-hydrogen) atoms. The molecule has 0 saturated carbocycles. The predicted molar refractivity (Wildman–Crippen MR) is 76.2 cm³/mol. The largest absolute Gasteiger partial charge is 0.352 e. The second kappa shape index (κ2) is 6.74. The maximum absolute atomic E-state index is 13.7. The highest BCUT2D eigenvalue weighted by Gasteiger charge is 2.21. The van der Waals surface area contributed by atoms with E-state index in [2.05, 4.69) is 5.32 Å². The van der Waals surface area contributed by atoms with Crippen molar-refractivity contribution in [2.24, 2.45) is 5.92 Å². The van der Waals surface area contributed by atoms with Crippen LogP contribution in [0.25, 0.3) is 0 Å². The zero-order valence-corrected chi connectivity index (χ0v) is 13.2. The SMILES string of the molecule is CCC(C)CNC(=O)c1cc(S(=O)(=O)Cl)c(Cl)cc1F. The number of carbonyl (C=O) groups is 1. The van der Waals surface area contributed by atoms with Gasteiger partial charge in [-0.1, -0.05) is 31.9 Å². The highest BCUT2D eigenvalue weighted by molar-refractivity contribution is 8.13. The fraction of sp³-hybridized carbons (Fsp3) is 0.417. The number of halogens is 3. The lowest BCUT2D eigenvalue weighted by Gasteiger charge is -2.11. The summed E-state index contributed by atoms with van der Waals surface area (Å²) in [6.07, 6.45) is 0.852. The fourth-order valence-corrected chi connectivity index (χ4v) is 2.90. The second-order valence-corrected chi connectivity index (χ2v) is 7.37. The van der Waals surface area contributed by atoms with Crippen molar-refractivity contribution in [3.8, 4) is 0 Å². The van der Waals surface area contributed by atoms with Crippen LogP contribution >= 0.6 is 22.3 Å². The third kappa shape index (κ3) is 4.33. The van der Waals surface area contributed by atoms with Crippen LogP contribution in [0.15, 0.2) is 17.0 Å². The summed E-state index contributed by atoms with van der Waals surface area (Å²) in [5.74, 6) is -1.38. The molecule has 0 aliphatic carbocycles. The van der Waals surface area contributed by atoms with Crippen LogP contribution in [-0.4, -0.2) is 20.9 Å². The molecule has 0 fully saturated rings. The van der Waals surface area contributed by atoms with E-state index in [1.54, 1.807) is 0 Å². The Hall–Kier alpha value is -0.850. The Balaban J connectivity index is 3.10. The van der Waals surface area contributed by atoms with E-state index in [0.717, 1.165) is 18.6 Å². The summed E-state index contributed by atoms with van der Waals surface area (Å²) in [4.78, 5) is 11.4. The first kappa shape index (κ1) is 17.2. The van der Waals surface area contributed by atoms with Gasteiger partial charge in [0.2, 0.25) is 0 Å². The summed E-state index contributed by atoms with van der Waals surface area (Å²) in [6.45, 7) is 4.24. The van der Waals surface area contributed by atoms with Crippen molar-refractivity contribution in [1.82, 2.24) is 5.32 Å². The van der Waals surface area contributed by atoms with Gasteiger partial charge in [-0.05, 0) is 18.1 Å². The van der Waals surface area contributed by atoms with E-state index >= 15 is 0 Å². The quantitative estimate of drug-likeness (QED) is 0.836. The molecule has 1 rings (SSSR count). The zero-order chi connectivity index (χ0) is 15.5. The molecule has 1 unspecified atom stereocenters. The average Bonchev–Trinajstić information content (AvgIpc) is 2.33. The molecule has 0 aromatic heterocycles. The minimum atomic E-state index is -4.15. The Bertz CT molecular complexity index is 619. The van der Waals surface area contributed by atoms with Gasteiger partial charge in [-0.3, -0.25) is 4.79 Å². The zero-order valence-electron chi connectivity index (χ0n) is 10.9. The number of hydrogen-bond donors (Lipinski definition) is 1. The van der Waals surface area contributed by atoms with Crippen molar-refractivity contribution < 1.29 is 17.6 Å². The number of nitrogens with one attached hydrogen (secondary N) is 1. The lowest BCUT2D eigenvalue weighted by atomic mass is 10.1. The topological polar surface area (TPSA) is 63.2 Å². The maximum Gasteiger partial charge on any atom is 0.262 e. The van der Waals surface area contributed by atoms with Gasteiger partial charge in [-0.15, -0.1) is 0 Å². The standard InChI is InChI=1S/C12H14Cl2FNO3S/c1-3-7(2)6-16-12(17)8-4-11(20(14,18)19)9(13)5-10(8)15/h4-5,7H,3,6H2,1-2H3,(H,16,17). The highest BCUT2D eigenvalue weighted by atomic mass is 35.7. The molecule has 0 heterocycles. The lowest BCUT2D eigenvalue weighted by Crippen LogP contribution is -2.29. The smallest absolute Gasteiger partial charge is 0.262 e. The van der Waals surface area contributed by atoms with Crippen molar-refractivity contribution in [2.75, 3.05) is 6.54 Å². The van der Waals surface area contributed by atoms with Crippen LogP contribution in [0.1, 0.15) is 30.6 Å². The average molecular weight is 342 g/mol. The molecule has 4 nitrogen and oxygen atoms in total. The van der Waals surface area contributed by atoms with Crippen molar-refractivity contribution in [3.05, 3.63) is 28.5 Å². The molecule has 0 saturated heterocycles. The first-order valence-electron chi connectivity index (χ1n) is 5.88. The molecule has 0 aliphatic rings. The lowest BCUT2D eigenvalue weighted by molar-refractivity contribution is 0.0943. The molecule has 0 radical (unpaired) electrons. The minimum absolute atomic E-state index is 0.227. The molecule has 1 amide bonds. The van der Waals surface area contributed by atoms with Gasteiger partial charge in [0.25, 0.3) is 15.0 Å². The van der Waals surface area contributed by atoms with Gasteiger partial charge >= 0.3 is 0 Å². The molecule has 1 aromatic carbocycles. The van der Waals surface area contributed by atoms with Crippen LogP contribution in [0.3, 0.4) is 0 Å². The normalized spacial score (nSPS) is 13.1. The number of benzene rings is 1. The van der Waals surface area contributed by atoms with Crippen molar-refractivity contribution >= 4 is 37.2 Å². The molecular formula is C12H14Cl2FNO3S. The summed E-state index contributed by atoms with van der Waals surface area (Å²) in [5.41, 5.74) is -0.406. The molecule has 1 N–H and O–H groups in total. The molecule has 0 bridgehead atoms. The van der Waals surface area contributed by atoms with Gasteiger partial charge in [-0.25, -0.2) is 12.8 Å². The first-order chi connectivity index (χ1) is 9.16. The maximum atomic E-state index is 13.7. The van der Waals surface area contributed by atoms with Crippen LogP contribution in [0, 0.1) is 11.7 Å². The van der Waals surface area contributed by atoms with Crippen LogP contribution in [0.5, 0.6) is 0 Å². The van der Waals surface area contributed by atoms with Crippen molar-refractivity contribution in [1.29, 1.82) is 0 Å². The summed E-state index contributed by atoms with van der Waals surface area (Å²) in [5, 5.41) is 2.16. The van der Waals surface area contributed by atoms with E-state index in [0.29, 0.717) is 6.54 Å². The van der Waals surface area contributed by atoms with Gasteiger partial charge in [0.1, 0.15) is 10.7 Å². The number of amides is 1. The van der Waals surface area contributed by atoms with Gasteiger partial charge in [0.05, 0.1) is 10.6 Å². The minimum Gasteiger partial charge on any atom is -0.352 e. The van der Waals surface area contributed by atoms with Crippen LogP contribution in [0.2, 0.25) is 5.02 Å². The van der Waals surface area contributed by atoms with Gasteiger partial charge in [0, 0.05) is 17.2 Å². The Morgan fingerprint density at radius 1 is 1.45 bits per heavy atom. The summed E-state index contributed by atoms with van der Waals surface area (Å²) in [6, 6.07) is 1.60. The third-order valence-electron chi connectivity index (χ3n) is 2.84. The Labute approximate surface area is 126 Å². The fourth-order valence-electron chi connectivity index (χ4n) is 1.40. The molecule has 0 spiro atoms. The van der Waals surface area contributed by atoms with E-state index in [-0.39, 0.29) is 10.9 Å². The van der Waals surface area contributed by atoms with Gasteiger partial charge in [-0.2, -0.15) is 0 Å². The number of rotatable bonds is 5. The molecular weight excluding hydrogens is 328 g/mol. The monoisotopic (exact) mass is 341 g/mol. The molecule has 112 valence electrons. The highest BCUT2D eigenvalue weighted by Crippen LogP contribution is 2.27. The molecule has 1 aromatic rings. The Morgan fingerprint density at radius 2 is 2.05 bits per heavy atom. The summed E-state index contributed by atoms with van der Waals surface area (Å²) >= 11 is 5.61. The summed E-state index contributed by atoms with van der Waals surface area (Å²) in [7, 11) is 1.03. The third-order valence-corrected chi connectivity index (χ3v) is 4.62. The number of carbonyl (C=O) groups excluding carboxylic acids is 1. The van der Waals surface area contributed by atoms with E-state index in [4.69, 9.17) is 22.3 Å². The Morgan fingerprint density at radius 3 is 2.55 bits per heavy atom. The van der Waals surface area contributed by atoms with E-state index in [9.17, 15) is 17.6 Å². The first-order valence-corrected chi connectivity index (χ1v) is 8.57. The predicted octanol–water partition coefficient (Wildman–Crippen LogP) is 3.18. The van der Waals surface area contributed by atoms with Crippen molar-refractivity contribution in [2.45, 2.75) is 25.2 Å². The Kier molecular flexibility index (Phi) is 5.79. The molecule has 0 aliphatic heterocycles. The number of hydrogen-bond acceptors (Lipinski definition) is 3. The van der Waals surface area contributed by atoms with E-state index in [1.165, 1.54) is 0 Å².